The van der Waals surface area contributed by atoms with Crippen molar-refractivity contribution in [3.8, 4) is 0 Å². The van der Waals surface area contributed by atoms with E-state index in [2.05, 4.69) is 10.6 Å². The summed E-state index contributed by atoms with van der Waals surface area (Å²) in [6.45, 7) is 3.96. The number of hydrogen-bond donors (Lipinski definition) is 2. The number of aryl methyl sites for hydroxylation is 1. The van der Waals surface area contributed by atoms with Crippen molar-refractivity contribution in [3.63, 3.8) is 0 Å². The van der Waals surface area contributed by atoms with Crippen molar-refractivity contribution in [2.45, 2.75) is 18.7 Å². The van der Waals surface area contributed by atoms with E-state index in [4.69, 9.17) is 0 Å². The van der Waals surface area contributed by atoms with Crippen molar-refractivity contribution in [1.82, 2.24) is 14.9 Å². The molecule has 28 heavy (non-hydrogen) atoms. The van der Waals surface area contributed by atoms with Crippen LogP contribution in [0.25, 0.3) is 0 Å². The fourth-order valence-electron chi connectivity index (χ4n) is 2.57. The van der Waals surface area contributed by atoms with E-state index in [1.165, 1.54) is 20.2 Å². The first kappa shape index (κ1) is 21.6. The van der Waals surface area contributed by atoms with Crippen molar-refractivity contribution >= 4 is 21.8 Å². The molecule has 2 aromatic rings. The first-order chi connectivity index (χ1) is 13.1. The van der Waals surface area contributed by atoms with Crippen LogP contribution in [-0.2, 0) is 10.0 Å². The lowest BCUT2D eigenvalue weighted by Gasteiger charge is -2.16. The topological polar surface area (TPSA) is 95.6 Å². The Bertz CT molecular complexity index is 970. The summed E-state index contributed by atoms with van der Waals surface area (Å²) in [4.78, 5) is 24.5. The first-order valence-electron chi connectivity index (χ1n) is 8.80. The Hall–Kier alpha value is -2.71. The first-order valence-corrected chi connectivity index (χ1v) is 10.2. The van der Waals surface area contributed by atoms with Gasteiger partial charge in [0.1, 0.15) is 0 Å². The number of nitrogens with one attached hydrogen (secondary N) is 2. The van der Waals surface area contributed by atoms with Crippen molar-refractivity contribution in [1.29, 1.82) is 0 Å². The van der Waals surface area contributed by atoms with Crippen LogP contribution in [0.15, 0.2) is 47.4 Å². The summed E-state index contributed by atoms with van der Waals surface area (Å²) in [5.41, 5.74) is 2.13. The average Bonchev–Trinajstić information content (AvgIpc) is 2.67. The molecular weight excluding hydrogens is 378 g/mol. The molecule has 0 saturated carbocycles. The summed E-state index contributed by atoms with van der Waals surface area (Å²) in [5.74, 6) is -0.618. The third-order valence-corrected chi connectivity index (χ3v) is 6.31. The number of amides is 2. The molecule has 7 nitrogen and oxygen atoms in total. The highest BCUT2D eigenvalue weighted by Gasteiger charge is 2.22. The van der Waals surface area contributed by atoms with Gasteiger partial charge in [0.2, 0.25) is 10.0 Å². The summed E-state index contributed by atoms with van der Waals surface area (Å²) < 4.78 is 26.1. The zero-order chi connectivity index (χ0) is 20.9. The number of nitrogens with zero attached hydrogens (tertiary/aromatic N) is 1. The van der Waals surface area contributed by atoms with E-state index in [1.807, 2.05) is 6.07 Å². The monoisotopic (exact) mass is 403 g/mol. The van der Waals surface area contributed by atoms with Gasteiger partial charge in [0.15, 0.2) is 0 Å². The number of sulfonamides is 1. The molecule has 0 bridgehead atoms. The second-order valence-corrected chi connectivity index (χ2v) is 8.70. The molecule has 0 aromatic heterocycles. The summed E-state index contributed by atoms with van der Waals surface area (Å²) in [6.07, 6.45) is 0. The van der Waals surface area contributed by atoms with Crippen LogP contribution in [0.3, 0.4) is 0 Å². The highest BCUT2D eigenvalue weighted by Crippen LogP contribution is 2.23. The van der Waals surface area contributed by atoms with Crippen LogP contribution in [-0.4, -0.2) is 51.7 Å². The van der Waals surface area contributed by atoms with Gasteiger partial charge in [-0.1, -0.05) is 18.2 Å². The van der Waals surface area contributed by atoms with Gasteiger partial charge in [-0.15, -0.1) is 0 Å². The molecule has 0 radical (unpaired) electrons. The van der Waals surface area contributed by atoms with Crippen LogP contribution in [0.2, 0.25) is 0 Å². The minimum atomic E-state index is -3.66. The van der Waals surface area contributed by atoms with Crippen LogP contribution in [0.1, 0.15) is 31.8 Å². The highest BCUT2D eigenvalue weighted by molar-refractivity contribution is 7.89. The molecule has 2 aromatic carbocycles. The maximum Gasteiger partial charge on any atom is 0.251 e. The largest absolute Gasteiger partial charge is 0.350 e. The van der Waals surface area contributed by atoms with E-state index in [-0.39, 0.29) is 29.5 Å². The molecule has 2 rings (SSSR count). The number of carbonyl (C=O) groups is 2. The molecule has 0 fully saturated rings. The minimum absolute atomic E-state index is 0.111. The third kappa shape index (κ3) is 4.96. The predicted molar refractivity (Wildman–Crippen MR) is 108 cm³/mol. The van der Waals surface area contributed by atoms with Gasteiger partial charge in [-0.3, -0.25) is 9.59 Å². The van der Waals surface area contributed by atoms with Gasteiger partial charge >= 0.3 is 0 Å². The number of rotatable bonds is 7. The van der Waals surface area contributed by atoms with E-state index in [0.717, 1.165) is 4.31 Å². The molecule has 150 valence electrons. The van der Waals surface area contributed by atoms with E-state index < -0.39 is 15.9 Å². The molecule has 2 N–H and O–H groups in total. The second-order valence-electron chi connectivity index (χ2n) is 6.58. The Labute approximate surface area is 165 Å². The van der Waals surface area contributed by atoms with Crippen LogP contribution in [0.5, 0.6) is 0 Å². The van der Waals surface area contributed by atoms with Crippen LogP contribution in [0, 0.1) is 13.8 Å². The fraction of sp³-hybridized carbons (Fsp3) is 0.300. The van der Waals surface area contributed by atoms with Gasteiger partial charge in [0.25, 0.3) is 11.8 Å². The van der Waals surface area contributed by atoms with Crippen LogP contribution >= 0.6 is 0 Å². The fourth-order valence-corrected chi connectivity index (χ4v) is 3.79. The molecule has 2 amide bonds. The normalized spacial score (nSPS) is 11.3. The number of benzene rings is 2. The standard InChI is InChI=1S/C20H25N3O4S/c1-14-12-17(13-18(15(14)2)28(26,27)23(3)4)20(25)22-11-10-21-19(24)16-8-6-5-7-9-16/h5-9,12-13H,10-11H2,1-4H3,(H,21,24)(H,22,25). The minimum Gasteiger partial charge on any atom is -0.350 e. The van der Waals surface area contributed by atoms with Gasteiger partial charge in [0, 0.05) is 38.3 Å². The molecule has 0 saturated heterocycles. The maximum atomic E-state index is 12.5. The molecule has 0 aliphatic carbocycles. The van der Waals surface area contributed by atoms with E-state index in [1.54, 1.807) is 44.2 Å². The van der Waals surface area contributed by atoms with Crippen molar-refractivity contribution < 1.29 is 18.0 Å². The van der Waals surface area contributed by atoms with Gasteiger partial charge in [-0.25, -0.2) is 12.7 Å². The van der Waals surface area contributed by atoms with Crippen LogP contribution < -0.4 is 10.6 Å². The lowest BCUT2D eigenvalue weighted by Crippen LogP contribution is -2.34. The number of carbonyl (C=O) groups excluding carboxylic acids is 2. The Morgan fingerprint density at radius 3 is 1.96 bits per heavy atom. The predicted octanol–water partition coefficient (Wildman–Crippen LogP) is 1.71. The molecule has 0 unspecified atom stereocenters. The SMILES string of the molecule is Cc1cc(C(=O)NCCNC(=O)c2ccccc2)cc(S(=O)(=O)N(C)C)c1C. The van der Waals surface area contributed by atoms with E-state index in [0.29, 0.717) is 16.7 Å². The lowest BCUT2D eigenvalue weighted by molar-refractivity contribution is 0.0927. The zero-order valence-corrected chi connectivity index (χ0v) is 17.3. The van der Waals surface area contributed by atoms with Crippen LogP contribution in [0.4, 0.5) is 0 Å². The zero-order valence-electron chi connectivity index (χ0n) is 16.4. The molecule has 0 spiro atoms. The van der Waals surface area contributed by atoms with Gasteiger partial charge in [0.05, 0.1) is 4.90 Å². The maximum absolute atomic E-state index is 12.5. The van der Waals surface area contributed by atoms with E-state index in [9.17, 15) is 18.0 Å². The second kappa shape index (κ2) is 8.99. The molecular formula is C20H25N3O4S. The van der Waals surface area contributed by atoms with Gasteiger partial charge < -0.3 is 10.6 Å². The molecule has 0 aliphatic heterocycles. The molecule has 0 atom stereocenters. The quantitative estimate of drug-likeness (QED) is 0.688. The van der Waals surface area contributed by atoms with Gasteiger partial charge in [-0.05, 0) is 49.2 Å². The lowest BCUT2D eigenvalue weighted by atomic mass is 10.1. The van der Waals surface area contributed by atoms with E-state index >= 15 is 0 Å². The Morgan fingerprint density at radius 1 is 0.893 bits per heavy atom. The third-order valence-electron chi connectivity index (χ3n) is 4.37. The molecule has 0 heterocycles. The Balaban J connectivity index is 2.03. The van der Waals surface area contributed by atoms with Crippen molar-refractivity contribution in [3.05, 3.63) is 64.7 Å². The summed E-state index contributed by atoms with van der Waals surface area (Å²) in [6, 6.07) is 11.8. The Morgan fingerprint density at radius 2 is 1.43 bits per heavy atom. The summed E-state index contributed by atoms with van der Waals surface area (Å²) >= 11 is 0. The smallest absolute Gasteiger partial charge is 0.251 e. The summed E-state index contributed by atoms with van der Waals surface area (Å²) in [5, 5.41) is 5.42. The molecule has 8 heteroatoms. The Kier molecular flexibility index (Phi) is 6.93. The van der Waals surface area contributed by atoms with Crippen molar-refractivity contribution in [2.24, 2.45) is 0 Å². The summed E-state index contributed by atoms with van der Waals surface area (Å²) in [7, 11) is -0.755. The van der Waals surface area contributed by atoms with Crippen molar-refractivity contribution in [2.75, 3.05) is 27.2 Å². The average molecular weight is 404 g/mol. The number of hydrogen-bond acceptors (Lipinski definition) is 4. The molecule has 0 aliphatic rings. The highest BCUT2D eigenvalue weighted by atomic mass is 32.2. The van der Waals surface area contributed by atoms with Gasteiger partial charge in [-0.2, -0.15) is 0 Å².